The van der Waals surface area contributed by atoms with Gasteiger partial charge in [-0.05, 0) is 37.6 Å². The minimum absolute atomic E-state index is 0.272. The molecule has 0 aliphatic rings. The van der Waals surface area contributed by atoms with Crippen molar-refractivity contribution in [2.24, 2.45) is 0 Å². The predicted molar refractivity (Wildman–Crippen MR) is 96.6 cm³/mol. The smallest absolute Gasteiger partial charge is 0.340 e. The number of hydrogen-bond acceptors (Lipinski definition) is 3. The highest BCUT2D eigenvalue weighted by molar-refractivity contribution is 9.10. The highest BCUT2D eigenvalue weighted by Crippen LogP contribution is 2.37. The lowest BCUT2D eigenvalue weighted by Crippen LogP contribution is -2.06. The average Bonchev–Trinajstić information content (AvgIpc) is 2.91. The Bertz CT molecular complexity index is 943. The number of halogens is 1. The van der Waals surface area contributed by atoms with Gasteiger partial charge in [-0.2, -0.15) is 0 Å². The topological polar surface area (TPSA) is 47.8 Å². The molecule has 5 heteroatoms. The van der Waals surface area contributed by atoms with Crippen LogP contribution in [0, 0.1) is 6.92 Å². The first-order valence-corrected chi connectivity index (χ1v) is 8.39. The van der Waals surface area contributed by atoms with Gasteiger partial charge in [0.05, 0.1) is 23.4 Å². The van der Waals surface area contributed by atoms with Crippen molar-refractivity contribution in [1.82, 2.24) is 4.40 Å². The molecule has 0 aliphatic carbocycles. The average molecular weight is 386 g/mol. The molecule has 4 nitrogen and oxygen atoms in total. The summed E-state index contributed by atoms with van der Waals surface area (Å²) < 4.78 is 7.79. The summed E-state index contributed by atoms with van der Waals surface area (Å²) in [6.45, 7) is 4.00. The van der Waals surface area contributed by atoms with Gasteiger partial charge in [0.2, 0.25) is 0 Å². The van der Waals surface area contributed by atoms with Gasteiger partial charge in [0.15, 0.2) is 6.29 Å². The lowest BCUT2D eigenvalue weighted by molar-refractivity contribution is 0.0529. The second-order valence-electron chi connectivity index (χ2n) is 5.41. The zero-order valence-electron chi connectivity index (χ0n) is 13.4. The van der Waals surface area contributed by atoms with E-state index in [1.54, 1.807) is 17.5 Å². The largest absolute Gasteiger partial charge is 0.462 e. The maximum Gasteiger partial charge on any atom is 0.340 e. The van der Waals surface area contributed by atoms with E-state index in [1.165, 1.54) is 0 Å². The highest BCUT2D eigenvalue weighted by Gasteiger charge is 2.26. The number of esters is 1. The molecule has 3 rings (SSSR count). The standard InChI is InChI=1S/C19H16BrNO3/c1-3-24-19(23)18-15-6-4-5-9-21(15)16(11-22)17(18)13-10-12(2)7-8-14(13)20/h4-11H,3H2,1-2H3. The molecule has 0 saturated heterocycles. The lowest BCUT2D eigenvalue weighted by Gasteiger charge is -2.09. The fraction of sp³-hybridized carbons (Fsp3) is 0.158. The van der Waals surface area contributed by atoms with Crippen LogP contribution in [0.5, 0.6) is 0 Å². The van der Waals surface area contributed by atoms with Gasteiger partial charge in [0.1, 0.15) is 0 Å². The molecule has 0 unspecified atom stereocenters. The van der Waals surface area contributed by atoms with Crippen molar-refractivity contribution in [2.75, 3.05) is 6.61 Å². The molecule has 0 radical (unpaired) electrons. The molecule has 0 aliphatic heterocycles. The predicted octanol–water partition coefficient (Wildman–Crippen LogP) is 4.67. The third kappa shape index (κ3) is 2.65. The van der Waals surface area contributed by atoms with E-state index in [4.69, 9.17) is 4.74 Å². The van der Waals surface area contributed by atoms with Crippen molar-refractivity contribution in [1.29, 1.82) is 0 Å². The fourth-order valence-electron chi connectivity index (χ4n) is 2.86. The number of aryl methyl sites for hydroxylation is 1. The van der Waals surface area contributed by atoms with Gasteiger partial charge < -0.3 is 9.14 Å². The number of carbonyl (C=O) groups is 2. The summed E-state index contributed by atoms with van der Waals surface area (Å²) in [7, 11) is 0. The van der Waals surface area contributed by atoms with Gasteiger partial charge >= 0.3 is 5.97 Å². The Labute approximate surface area is 148 Å². The molecule has 3 aromatic rings. The van der Waals surface area contributed by atoms with Crippen LogP contribution in [0.1, 0.15) is 33.3 Å². The molecule has 0 fully saturated rings. The first-order chi connectivity index (χ1) is 11.6. The van der Waals surface area contributed by atoms with Gasteiger partial charge in [-0.1, -0.05) is 39.7 Å². The molecule has 0 N–H and O–H groups in total. The Morgan fingerprint density at radius 2 is 2.08 bits per heavy atom. The van der Waals surface area contributed by atoms with Crippen molar-refractivity contribution in [3.05, 3.63) is 63.9 Å². The molecular weight excluding hydrogens is 370 g/mol. The van der Waals surface area contributed by atoms with E-state index in [1.807, 2.05) is 43.3 Å². The zero-order chi connectivity index (χ0) is 17.3. The minimum atomic E-state index is -0.433. The molecule has 0 saturated carbocycles. The number of aldehydes is 1. The normalized spacial score (nSPS) is 10.8. The van der Waals surface area contributed by atoms with Gasteiger partial charge in [-0.15, -0.1) is 0 Å². The molecule has 122 valence electrons. The molecule has 2 aromatic heterocycles. The molecule has 1 aromatic carbocycles. The molecule has 0 bridgehead atoms. The van der Waals surface area contributed by atoms with Gasteiger partial charge in [-0.3, -0.25) is 4.79 Å². The molecule has 0 spiro atoms. The summed E-state index contributed by atoms with van der Waals surface area (Å²) in [5.41, 5.74) is 3.91. The Hall–Kier alpha value is -2.40. The van der Waals surface area contributed by atoms with Crippen LogP contribution in [0.4, 0.5) is 0 Å². The second-order valence-corrected chi connectivity index (χ2v) is 6.27. The van der Waals surface area contributed by atoms with Crippen LogP contribution in [-0.2, 0) is 4.74 Å². The summed E-state index contributed by atoms with van der Waals surface area (Å²) in [5, 5.41) is 0. The molecule has 0 atom stereocenters. The minimum Gasteiger partial charge on any atom is -0.462 e. The summed E-state index contributed by atoms with van der Waals surface area (Å²) in [5.74, 6) is -0.433. The summed E-state index contributed by atoms with van der Waals surface area (Å²) >= 11 is 3.53. The third-order valence-electron chi connectivity index (χ3n) is 3.86. The quantitative estimate of drug-likeness (QED) is 0.484. The SMILES string of the molecule is CCOC(=O)c1c(-c2cc(C)ccc2Br)c(C=O)n2ccccc12. The van der Waals surface area contributed by atoms with E-state index in [0.29, 0.717) is 22.3 Å². The summed E-state index contributed by atoms with van der Waals surface area (Å²) in [4.78, 5) is 24.4. The van der Waals surface area contributed by atoms with E-state index >= 15 is 0 Å². The number of ether oxygens (including phenoxy) is 1. The summed E-state index contributed by atoms with van der Waals surface area (Å²) in [6, 6.07) is 11.3. The third-order valence-corrected chi connectivity index (χ3v) is 4.56. The van der Waals surface area contributed by atoms with Crippen molar-refractivity contribution in [3.63, 3.8) is 0 Å². The van der Waals surface area contributed by atoms with E-state index < -0.39 is 5.97 Å². The Balaban J connectivity index is 2.45. The van der Waals surface area contributed by atoms with E-state index in [-0.39, 0.29) is 6.61 Å². The number of carbonyl (C=O) groups excluding carboxylic acids is 2. The molecule has 0 amide bonds. The van der Waals surface area contributed by atoms with Crippen LogP contribution in [0.2, 0.25) is 0 Å². The molecule has 24 heavy (non-hydrogen) atoms. The van der Waals surface area contributed by atoms with Crippen molar-refractivity contribution in [3.8, 4) is 11.1 Å². The first kappa shape index (κ1) is 16.5. The van der Waals surface area contributed by atoms with Crippen LogP contribution in [-0.4, -0.2) is 23.3 Å². The van der Waals surface area contributed by atoms with Crippen LogP contribution in [0.15, 0.2) is 47.1 Å². The maximum absolute atomic E-state index is 12.6. The Morgan fingerprint density at radius 3 is 2.79 bits per heavy atom. The van der Waals surface area contributed by atoms with Crippen molar-refractivity contribution < 1.29 is 14.3 Å². The van der Waals surface area contributed by atoms with Crippen LogP contribution in [0.3, 0.4) is 0 Å². The summed E-state index contributed by atoms with van der Waals surface area (Å²) in [6.07, 6.45) is 2.55. The van der Waals surface area contributed by atoms with Crippen LogP contribution in [0.25, 0.3) is 16.6 Å². The molecule has 2 heterocycles. The number of hydrogen-bond donors (Lipinski definition) is 0. The number of benzene rings is 1. The Morgan fingerprint density at radius 1 is 1.29 bits per heavy atom. The van der Waals surface area contributed by atoms with Crippen molar-refractivity contribution in [2.45, 2.75) is 13.8 Å². The maximum atomic E-state index is 12.6. The number of nitrogens with zero attached hydrogens (tertiary/aromatic N) is 1. The Kier molecular flexibility index (Phi) is 4.53. The van der Waals surface area contributed by atoms with Crippen LogP contribution >= 0.6 is 15.9 Å². The number of aromatic nitrogens is 1. The monoisotopic (exact) mass is 385 g/mol. The number of fused-ring (bicyclic) bond motifs is 1. The second kappa shape index (κ2) is 6.61. The number of rotatable bonds is 4. The first-order valence-electron chi connectivity index (χ1n) is 7.60. The van der Waals surface area contributed by atoms with Gasteiger partial charge in [0.25, 0.3) is 0 Å². The van der Waals surface area contributed by atoms with E-state index in [9.17, 15) is 9.59 Å². The lowest BCUT2D eigenvalue weighted by atomic mass is 9.99. The highest BCUT2D eigenvalue weighted by atomic mass is 79.9. The van der Waals surface area contributed by atoms with E-state index in [2.05, 4.69) is 15.9 Å². The fourth-order valence-corrected chi connectivity index (χ4v) is 3.31. The van der Waals surface area contributed by atoms with Crippen LogP contribution < -0.4 is 0 Å². The number of pyridine rings is 1. The van der Waals surface area contributed by atoms with E-state index in [0.717, 1.165) is 21.9 Å². The van der Waals surface area contributed by atoms with Gasteiger partial charge in [0, 0.05) is 16.2 Å². The van der Waals surface area contributed by atoms with Crippen molar-refractivity contribution >= 4 is 33.7 Å². The van der Waals surface area contributed by atoms with Gasteiger partial charge in [-0.25, -0.2) is 4.79 Å². The zero-order valence-corrected chi connectivity index (χ0v) is 15.0. The molecular formula is C19H16BrNO3.